The number of hydrogen-bond donors (Lipinski definition) is 0. The second kappa shape index (κ2) is 4.56. The molecule has 106 valence electrons. The number of nitrogens with zero attached hydrogens (tertiary/aromatic N) is 3. The van der Waals surface area contributed by atoms with Crippen molar-refractivity contribution in [2.24, 2.45) is 17.8 Å². The van der Waals surface area contributed by atoms with Crippen molar-refractivity contribution in [1.82, 2.24) is 10.1 Å². The van der Waals surface area contributed by atoms with Crippen LogP contribution in [0.15, 0.2) is 4.52 Å². The van der Waals surface area contributed by atoms with Crippen LogP contribution in [0.25, 0.3) is 0 Å². The molecule has 5 nitrogen and oxygen atoms in total. The number of nitriles is 1. The Morgan fingerprint density at radius 3 is 2.45 bits per heavy atom. The molecule has 4 aliphatic rings. The number of aromatic nitrogens is 2. The van der Waals surface area contributed by atoms with Crippen molar-refractivity contribution in [1.29, 1.82) is 5.26 Å². The maximum absolute atomic E-state index is 8.61. The highest BCUT2D eigenvalue weighted by Crippen LogP contribution is 2.57. The van der Waals surface area contributed by atoms with Crippen molar-refractivity contribution < 1.29 is 9.26 Å². The summed E-state index contributed by atoms with van der Waals surface area (Å²) in [6.45, 7) is 0.393. The molecule has 0 atom stereocenters. The van der Waals surface area contributed by atoms with Gasteiger partial charge < -0.3 is 9.26 Å². The number of ether oxygens (including phenoxy) is 1. The number of hydrogen-bond acceptors (Lipinski definition) is 5. The largest absolute Gasteiger partial charge is 0.365 e. The molecule has 0 saturated heterocycles. The van der Waals surface area contributed by atoms with E-state index in [1.807, 2.05) is 6.07 Å². The second-order valence-corrected chi connectivity index (χ2v) is 6.83. The van der Waals surface area contributed by atoms with Crippen molar-refractivity contribution in [3.05, 3.63) is 11.7 Å². The average Bonchev–Trinajstić information content (AvgIpc) is 2.83. The van der Waals surface area contributed by atoms with Crippen LogP contribution in [0, 0.1) is 29.1 Å². The Morgan fingerprint density at radius 2 is 1.85 bits per heavy atom. The third kappa shape index (κ3) is 2.12. The zero-order chi connectivity index (χ0) is 13.6. The minimum atomic E-state index is 0.0681. The Bertz CT molecular complexity index is 510. The molecule has 0 N–H and O–H groups in total. The minimum Gasteiger partial charge on any atom is -0.365 e. The van der Waals surface area contributed by atoms with Gasteiger partial charge in [0.1, 0.15) is 6.61 Å². The van der Waals surface area contributed by atoms with E-state index >= 15 is 0 Å². The molecular weight excluding hydrogens is 254 g/mol. The molecule has 1 heterocycles. The molecule has 4 aliphatic carbocycles. The van der Waals surface area contributed by atoms with Crippen LogP contribution in [0.2, 0.25) is 0 Å². The molecule has 0 aliphatic heterocycles. The molecule has 1 aromatic rings. The highest BCUT2D eigenvalue weighted by molar-refractivity contribution is 5.03. The smallest absolute Gasteiger partial charge is 0.252 e. The standard InChI is InChI=1S/C15H19N3O2/c16-2-1-13-17-14(20-18-13)9-19-15-6-10-3-11(7-15)5-12(4-10)8-15/h10-12H,1,3-9H2. The van der Waals surface area contributed by atoms with Gasteiger partial charge in [0.15, 0.2) is 5.82 Å². The molecular formula is C15H19N3O2. The van der Waals surface area contributed by atoms with Crippen LogP contribution < -0.4 is 0 Å². The summed E-state index contributed by atoms with van der Waals surface area (Å²) in [7, 11) is 0. The summed E-state index contributed by atoms with van der Waals surface area (Å²) in [5.74, 6) is 3.58. The highest BCUT2D eigenvalue weighted by atomic mass is 16.5. The van der Waals surface area contributed by atoms with E-state index in [0.717, 1.165) is 17.8 Å². The molecule has 1 aromatic heterocycles. The predicted octanol–water partition coefficient (Wildman–Crippen LogP) is 2.62. The molecule has 0 aromatic carbocycles. The van der Waals surface area contributed by atoms with Crippen LogP contribution in [0.1, 0.15) is 50.2 Å². The van der Waals surface area contributed by atoms with Gasteiger partial charge >= 0.3 is 0 Å². The fraction of sp³-hybridized carbons (Fsp3) is 0.800. The van der Waals surface area contributed by atoms with E-state index in [1.54, 1.807) is 0 Å². The zero-order valence-corrected chi connectivity index (χ0v) is 11.5. The minimum absolute atomic E-state index is 0.0681. The molecule has 20 heavy (non-hydrogen) atoms. The first-order valence-corrected chi connectivity index (χ1v) is 7.57. The van der Waals surface area contributed by atoms with Gasteiger partial charge in [-0.05, 0) is 56.3 Å². The quantitative estimate of drug-likeness (QED) is 0.843. The van der Waals surface area contributed by atoms with Crippen LogP contribution >= 0.6 is 0 Å². The van der Waals surface area contributed by atoms with E-state index in [9.17, 15) is 0 Å². The van der Waals surface area contributed by atoms with E-state index in [4.69, 9.17) is 14.5 Å². The summed E-state index contributed by atoms with van der Waals surface area (Å²) >= 11 is 0. The van der Waals surface area contributed by atoms with Gasteiger partial charge in [0, 0.05) is 0 Å². The molecule has 4 bridgehead atoms. The first-order valence-electron chi connectivity index (χ1n) is 7.57. The Labute approximate surface area is 118 Å². The molecule has 0 amide bonds. The summed E-state index contributed by atoms with van der Waals surface area (Å²) in [5, 5.41) is 12.4. The first-order chi connectivity index (χ1) is 9.75. The number of rotatable bonds is 4. The van der Waals surface area contributed by atoms with Crippen molar-refractivity contribution >= 4 is 0 Å². The van der Waals surface area contributed by atoms with E-state index < -0.39 is 0 Å². The average molecular weight is 273 g/mol. The van der Waals surface area contributed by atoms with Crippen LogP contribution in [-0.2, 0) is 17.8 Å². The summed E-state index contributed by atoms with van der Waals surface area (Å²) in [6.07, 6.45) is 8.05. The summed E-state index contributed by atoms with van der Waals surface area (Å²) in [5.41, 5.74) is 0.0681. The van der Waals surface area contributed by atoms with Gasteiger partial charge in [-0.2, -0.15) is 10.2 Å². The predicted molar refractivity (Wildman–Crippen MR) is 69.3 cm³/mol. The first kappa shape index (κ1) is 12.3. The Kier molecular flexibility index (Phi) is 2.81. The molecule has 5 rings (SSSR count). The van der Waals surface area contributed by atoms with E-state index in [2.05, 4.69) is 10.1 Å². The molecule has 0 spiro atoms. The Balaban J connectivity index is 1.42. The maximum atomic E-state index is 8.61. The summed E-state index contributed by atoms with van der Waals surface area (Å²) < 4.78 is 11.4. The van der Waals surface area contributed by atoms with Crippen molar-refractivity contribution in [2.45, 2.75) is 57.2 Å². The SMILES string of the molecule is N#CCc1noc(COC23CC4CC(CC(C4)C2)C3)n1. The lowest BCUT2D eigenvalue weighted by Gasteiger charge is -2.56. The fourth-order valence-electron chi connectivity index (χ4n) is 4.91. The van der Waals surface area contributed by atoms with Gasteiger partial charge in [0.2, 0.25) is 0 Å². The van der Waals surface area contributed by atoms with Crippen LogP contribution in [0.4, 0.5) is 0 Å². The summed E-state index contributed by atoms with van der Waals surface area (Å²) in [4.78, 5) is 4.19. The normalized spacial score (nSPS) is 38.0. The lowest BCUT2D eigenvalue weighted by Crippen LogP contribution is -2.51. The second-order valence-electron chi connectivity index (χ2n) is 6.83. The molecule has 5 heteroatoms. The van der Waals surface area contributed by atoms with Gasteiger partial charge in [-0.1, -0.05) is 5.16 Å². The van der Waals surface area contributed by atoms with Crippen LogP contribution in [0.3, 0.4) is 0 Å². The van der Waals surface area contributed by atoms with Gasteiger partial charge in [-0.3, -0.25) is 0 Å². The topological polar surface area (TPSA) is 71.9 Å². The molecule has 4 saturated carbocycles. The summed E-state index contributed by atoms with van der Waals surface area (Å²) in [6, 6.07) is 2.02. The molecule has 0 unspecified atom stereocenters. The van der Waals surface area contributed by atoms with Crippen LogP contribution in [-0.4, -0.2) is 15.7 Å². The van der Waals surface area contributed by atoms with Gasteiger partial charge in [0.25, 0.3) is 5.89 Å². The zero-order valence-electron chi connectivity index (χ0n) is 11.5. The van der Waals surface area contributed by atoms with E-state index in [0.29, 0.717) is 18.3 Å². The third-order valence-electron chi connectivity index (χ3n) is 5.23. The highest BCUT2D eigenvalue weighted by Gasteiger charge is 2.51. The molecule has 0 radical (unpaired) electrons. The van der Waals surface area contributed by atoms with Crippen LogP contribution in [0.5, 0.6) is 0 Å². The van der Waals surface area contributed by atoms with Gasteiger partial charge in [-0.15, -0.1) is 0 Å². The Hall–Kier alpha value is -1.41. The Morgan fingerprint density at radius 1 is 1.20 bits per heavy atom. The fourth-order valence-corrected chi connectivity index (χ4v) is 4.91. The maximum Gasteiger partial charge on any atom is 0.252 e. The van der Waals surface area contributed by atoms with Crippen molar-refractivity contribution in [3.63, 3.8) is 0 Å². The van der Waals surface area contributed by atoms with E-state index in [-0.39, 0.29) is 12.0 Å². The lowest BCUT2D eigenvalue weighted by atomic mass is 9.54. The lowest BCUT2D eigenvalue weighted by molar-refractivity contribution is -0.172. The monoisotopic (exact) mass is 273 g/mol. The van der Waals surface area contributed by atoms with Crippen molar-refractivity contribution in [2.75, 3.05) is 0 Å². The van der Waals surface area contributed by atoms with Gasteiger partial charge in [0.05, 0.1) is 18.1 Å². The third-order valence-corrected chi connectivity index (χ3v) is 5.23. The van der Waals surface area contributed by atoms with Crippen molar-refractivity contribution in [3.8, 4) is 6.07 Å². The molecule has 4 fully saturated rings. The van der Waals surface area contributed by atoms with E-state index in [1.165, 1.54) is 38.5 Å². The van der Waals surface area contributed by atoms with Gasteiger partial charge in [-0.25, -0.2) is 0 Å².